The van der Waals surface area contributed by atoms with Crippen molar-refractivity contribution < 1.29 is 32.5 Å². The molecule has 3 aromatic rings. The predicted molar refractivity (Wildman–Crippen MR) is 149 cm³/mol. The van der Waals surface area contributed by atoms with Gasteiger partial charge in [-0.25, -0.2) is 15.0 Å². The van der Waals surface area contributed by atoms with Gasteiger partial charge in [0.25, 0.3) is 0 Å². The molecule has 224 valence electrons. The molecule has 0 bridgehead atoms. The Labute approximate surface area is 245 Å². The van der Waals surface area contributed by atoms with Crippen LogP contribution in [0.5, 0.6) is 0 Å². The minimum absolute atomic E-state index is 0.132. The highest BCUT2D eigenvalue weighted by atomic mass is 32.1. The van der Waals surface area contributed by atoms with Crippen LogP contribution in [0.4, 0.5) is 24.8 Å². The number of aryl methyl sites for hydroxylation is 1. The zero-order valence-electron chi connectivity index (χ0n) is 23.1. The van der Waals surface area contributed by atoms with Gasteiger partial charge < -0.3 is 24.8 Å². The summed E-state index contributed by atoms with van der Waals surface area (Å²) in [6.07, 6.45) is 1.59. The number of amides is 1. The van der Waals surface area contributed by atoms with Gasteiger partial charge in [0.05, 0.1) is 18.1 Å². The van der Waals surface area contributed by atoms with E-state index in [0.29, 0.717) is 75.5 Å². The third-order valence-corrected chi connectivity index (χ3v) is 9.52. The van der Waals surface area contributed by atoms with Crippen LogP contribution in [0.3, 0.4) is 0 Å². The van der Waals surface area contributed by atoms with Gasteiger partial charge in [0.15, 0.2) is 5.79 Å². The molecule has 1 spiro atoms. The Hall–Kier alpha value is -3.13. The normalized spacial score (nSPS) is 24.2. The van der Waals surface area contributed by atoms with Crippen molar-refractivity contribution in [2.45, 2.75) is 63.0 Å². The Bertz CT molecular complexity index is 1440. The number of piperidine rings is 1. The van der Waals surface area contributed by atoms with Crippen LogP contribution in [0, 0.1) is 12.8 Å². The molecule has 3 fully saturated rings. The molecule has 3 aliphatic rings. The van der Waals surface area contributed by atoms with E-state index in [0.717, 1.165) is 28.3 Å². The van der Waals surface area contributed by atoms with Gasteiger partial charge >= 0.3 is 6.18 Å². The second kappa shape index (κ2) is 11.2. The van der Waals surface area contributed by atoms with Crippen molar-refractivity contribution in [3.8, 4) is 10.4 Å². The molecule has 1 aliphatic carbocycles. The summed E-state index contributed by atoms with van der Waals surface area (Å²) in [5.41, 5.74) is 0.0746. The van der Waals surface area contributed by atoms with E-state index in [1.165, 1.54) is 11.3 Å². The molecule has 9 nitrogen and oxygen atoms in total. The van der Waals surface area contributed by atoms with Crippen LogP contribution in [0.15, 0.2) is 36.7 Å². The number of halogens is 3. The second-order valence-electron chi connectivity index (χ2n) is 11.2. The van der Waals surface area contributed by atoms with Crippen molar-refractivity contribution in [3.63, 3.8) is 0 Å². The number of hydrogen-bond acceptors (Lipinski definition) is 9. The monoisotopic (exact) mass is 603 g/mol. The molecule has 1 saturated carbocycles. The Morgan fingerprint density at radius 2 is 1.81 bits per heavy atom. The number of anilines is 2. The highest BCUT2D eigenvalue weighted by molar-refractivity contribution is 7.15. The van der Waals surface area contributed by atoms with E-state index < -0.39 is 23.3 Å². The number of thiazole rings is 1. The molecule has 2 saturated heterocycles. The lowest BCUT2D eigenvalue weighted by Crippen LogP contribution is -2.49. The number of carbonyl (C=O) groups is 1. The quantitative estimate of drug-likeness (QED) is 0.398. The summed E-state index contributed by atoms with van der Waals surface area (Å²) in [4.78, 5) is 28.0. The molecule has 42 heavy (non-hydrogen) atoms. The minimum atomic E-state index is -4.57. The standard InChI is InChI=1S/C29H32F3N5O4S/c1-18-14-20(16-21(15-18)35-26-33-9-4-23(36-26)29(30,31)32)22-17-34-25(42-22)27(39)5-2-19(3-6-27)24(38)37-10-7-28(8-11-37)40-12-13-41-28/h4,9,14-17,19,39H,2-3,5-8,10-13H2,1H3,(H,33,35,36)/t19-,27-. The van der Waals surface area contributed by atoms with Gasteiger partial charge in [-0.1, -0.05) is 6.07 Å². The first-order valence-electron chi connectivity index (χ1n) is 14.1. The highest BCUT2D eigenvalue weighted by Crippen LogP contribution is 2.44. The number of likely N-dealkylation sites (tertiary alicyclic amines) is 1. The first-order valence-corrected chi connectivity index (χ1v) is 14.9. The lowest BCUT2D eigenvalue weighted by atomic mass is 9.78. The van der Waals surface area contributed by atoms with Gasteiger partial charge in [-0.05, 0) is 61.9 Å². The van der Waals surface area contributed by atoms with Crippen molar-refractivity contribution in [1.29, 1.82) is 0 Å². The number of ether oxygens (including phenoxy) is 2. The fourth-order valence-electron chi connectivity index (χ4n) is 5.99. The lowest BCUT2D eigenvalue weighted by Gasteiger charge is -2.40. The van der Waals surface area contributed by atoms with Crippen molar-refractivity contribution in [1.82, 2.24) is 19.9 Å². The van der Waals surface area contributed by atoms with Crippen LogP contribution in [-0.2, 0) is 26.0 Å². The van der Waals surface area contributed by atoms with E-state index in [9.17, 15) is 23.1 Å². The molecule has 6 rings (SSSR count). The molecule has 2 aromatic heterocycles. The van der Waals surface area contributed by atoms with Crippen LogP contribution in [0.25, 0.3) is 10.4 Å². The summed E-state index contributed by atoms with van der Waals surface area (Å²) in [7, 11) is 0. The first-order chi connectivity index (χ1) is 20.0. The molecule has 0 unspecified atom stereocenters. The van der Waals surface area contributed by atoms with Crippen molar-refractivity contribution in [2.24, 2.45) is 5.92 Å². The summed E-state index contributed by atoms with van der Waals surface area (Å²) < 4.78 is 50.8. The fraction of sp³-hybridized carbons (Fsp3) is 0.517. The van der Waals surface area contributed by atoms with Crippen molar-refractivity contribution in [3.05, 3.63) is 52.9 Å². The van der Waals surface area contributed by atoms with Gasteiger partial charge in [0.1, 0.15) is 16.3 Å². The Balaban J connectivity index is 1.10. The number of aromatic nitrogens is 3. The van der Waals surface area contributed by atoms with Gasteiger partial charge in [-0.15, -0.1) is 11.3 Å². The Morgan fingerprint density at radius 3 is 2.50 bits per heavy atom. The van der Waals surface area contributed by atoms with E-state index in [1.54, 1.807) is 18.3 Å². The molecule has 1 aromatic carbocycles. The molecule has 2 aliphatic heterocycles. The van der Waals surface area contributed by atoms with Crippen molar-refractivity contribution >= 4 is 28.9 Å². The third kappa shape index (κ3) is 6.01. The molecule has 13 heteroatoms. The largest absolute Gasteiger partial charge is 0.433 e. The van der Waals surface area contributed by atoms with Gasteiger partial charge in [-0.2, -0.15) is 13.2 Å². The Morgan fingerprint density at radius 1 is 1.10 bits per heavy atom. The van der Waals surface area contributed by atoms with Crippen LogP contribution in [0.2, 0.25) is 0 Å². The second-order valence-corrected chi connectivity index (χ2v) is 12.3. The third-order valence-electron chi connectivity index (χ3n) is 8.28. The number of alkyl halides is 3. The zero-order valence-corrected chi connectivity index (χ0v) is 23.9. The van der Waals surface area contributed by atoms with E-state index >= 15 is 0 Å². The number of nitrogens with one attached hydrogen (secondary N) is 1. The van der Waals surface area contributed by atoms with Gasteiger partial charge in [-0.3, -0.25) is 4.79 Å². The SMILES string of the molecule is Cc1cc(Nc2nccc(C(F)(F)F)n2)cc(-c2cnc([C@]3(O)CC[C@H](C(=O)N4CCC5(CC4)OCCO5)CC3)s2)c1. The zero-order chi connectivity index (χ0) is 29.5. The number of nitrogens with zero attached hydrogens (tertiary/aromatic N) is 4. The van der Waals surface area contributed by atoms with E-state index in [2.05, 4.69) is 20.3 Å². The molecule has 2 N–H and O–H groups in total. The van der Waals surface area contributed by atoms with Crippen LogP contribution >= 0.6 is 11.3 Å². The topological polar surface area (TPSA) is 110 Å². The smallest absolute Gasteiger partial charge is 0.383 e. The van der Waals surface area contributed by atoms with Crippen LogP contribution < -0.4 is 5.32 Å². The van der Waals surface area contributed by atoms with Crippen LogP contribution in [0.1, 0.15) is 54.8 Å². The van der Waals surface area contributed by atoms with E-state index in [-0.39, 0.29) is 17.8 Å². The first kappa shape index (κ1) is 29.0. The summed E-state index contributed by atoms with van der Waals surface area (Å²) in [6.45, 7) is 4.31. The maximum atomic E-state index is 13.2. The summed E-state index contributed by atoms with van der Waals surface area (Å²) >= 11 is 1.38. The molecule has 1 amide bonds. The summed E-state index contributed by atoms with van der Waals surface area (Å²) in [5, 5.41) is 15.0. The lowest BCUT2D eigenvalue weighted by molar-refractivity contribution is -0.188. The number of rotatable bonds is 5. The number of hydrogen-bond donors (Lipinski definition) is 2. The number of carbonyl (C=O) groups excluding carboxylic acids is 1. The average Bonchev–Trinajstić information content (AvgIpc) is 3.64. The van der Waals surface area contributed by atoms with Gasteiger partial charge in [0.2, 0.25) is 11.9 Å². The molecular weight excluding hydrogens is 571 g/mol. The maximum Gasteiger partial charge on any atom is 0.433 e. The fourth-order valence-corrected chi connectivity index (χ4v) is 7.04. The van der Waals surface area contributed by atoms with E-state index in [1.807, 2.05) is 17.9 Å². The van der Waals surface area contributed by atoms with Crippen LogP contribution in [-0.4, -0.2) is 63.0 Å². The number of benzene rings is 1. The Kier molecular flexibility index (Phi) is 7.71. The molecule has 0 radical (unpaired) electrons. The highest BCUT2D eigenvalue weighted by Gasteiger charge is 2.44. The number of aliphatic hydroxyl groups is 1. The minimum Gasteiger partial charge on any atom is -0.383 e. The average molecular weight is 604 g/mol. The molecular formula is C29H32F3N5O4S. The summed E-state index contributed by atoms with van der Waals surface area (Å²) in [6, 6.07) is 6.34. The summed E-state index contributed by atoms with van der Waals surface area (Å²) in [5.74, 6) is -0.676. The maximum absolute atomic E-state index is 13.2. The van der Waals surface area contributed by atoms with Gasteiger partial charge in [0, 0.05) is 49.9 Å². The molecule has 4 heterocycles. The van der Waals surface area contributed by atoms with Crippen molar-refractivity contribution in [2.75, 3.05) is 31.6 Å². The molecule has 0 atom stereocenters. The van der Waals surface area contributed by atoms with E-state index in [4.69, 9.17) is 9.47 Å². The predicted octanol–water partition coefficient (Wildman–Crippen LogP) is 5.41.